The van der Waals surface area contributed by atoms with Crippen LogP contribution in [0.15, 0.2) is 35.8 Å². The molecule has 1 amide bonds. The Kier molecular flexibility index (Phi) is 5.47. The number of carbonyl (C=O) groups excluding carboxylic acids is 1. The highest BCUT2D eigenvalue weighted by molar-refractivity contribution is 7.13. The van der Waals surface area contributed by atoms with Crippen molar-refractivity contribution in [3.05, 3.63) is 41.4 Å². The van der Waals surface area contributed by atoms with Gasteiger partial charge in [-0.25, -0.2) is 4.98 Å². The van der Waals surface area contributed by atoms with Gasteiger partial charge in [0.25, 0.3) is 0 Å². The Bertz CT molecular complexity index is 743. The molecule has 9 heteroatoms. The van der Waals surface area contributed by atoms with Crippen molar-refractivity contribution >= 4 is 28.1 Å². The van der Waals surface area contributed by atoms with Crippen LogP contribution in [-0.2, 0) is 11.0 Å². The molecule has 0 bridgehead atoms. The standard InChI is InChI=1S/C17H19F3N4OS/c1-12(23-6-8-24(9-7-23)16-21-5-10-26-16)15(25)22-14-4-2-3-13(11-14)17(18,19)20/h2-5,10-12H,6-9H2,1H3,(H,22,25). The van der Waals surface area contributed by atoms with Crippen molar-refractivity contribution in [2.45, 2.75) is 19.1 Å². The number of aromatic nitrogens is 1. The van der Waals surface area contributed by atoms with E-state index in [1.807, 2.05) is 10.3 Å². The molecular formula is C17H19F3N4OS. The lowest BCUT2D eigenvalue weighted by atomic mass is 10.1. The van der Waals surface area contributed by atoms with E-state index in [0.717, 1.165) is 30.4 Å². The van der Waals surface area contributed by atoms with Crippen molar-refractivity contribution in [3.63, 3.8) is 0 Å². The van der Waals surface area contributed by atoms with Gasteiger partial charge in [0.1, 0.15) is 0 Å². The normalized spacial score (nSPS) is 17.2. The summed E-state index contributed by atoms with van der Waals surface area (Å²) in [6.45, 7) is 4.67. The highest BCUT2D eigenvalue weighted by Crippen LogP contribution is 2.30. The molecule has 1 unspecified atom stereocenters. The molecule has 2 heterocycles. The molecule has 0 spiro atoms. The minimum Gasteiger partial charge on any atom is -0.346 e. The molecule has 5 nitrogen and oxygen atoms in total. The maximum atomic E-state index is 12.8. The number of nitrogens with one attached hydrogen (secondary N) is 1. The predicted octanol–water partition coefficient (Wildman–Crippen LogP) is 3.31. The maximum absolute atomic E-state index is 12.8. The molecule has 0 radical (unpaired) electrons. The third kappa shape index (κ3) is 4.34. The van der Waals surface area contributed by atoms with Crippen molar-refractivity contribution in [1.82, 2.24) is 9.88 Å². The summed E-state index contributed by atoms with van der Waals surface area (Å²) >= 11 is 1.58. The van der Waals surface area contributed by atoms with Gasteiger partial charge in [0, 0.05) is 43.4 Å². The smallest absolute Gasteiger partial charge is 0.346 e. The van der Waals surface area contributed by atoms with Gasteiger partial charge >= 0.3 is 6.18 Å². The fourth-order valence-electron chi connectivity index (χ4n) is 2.86. The van der Waals surface area contributed by atoms with Gasteiger partial charge in [-0.2, -0.15) is 13.2 Å². The molecule has 1 aromatic heterocycles. The first-order valence-corrected chi connectivity index (χ1v) is 9.09. The Morgan fingerprint density at radius 1 is 1.27 bits per heavy atom. The van der Waals surface area contributed by atoms with Crippen LogP contribution in [0.5, 0.6) is 0 Å². The SMILES string of the molecule is CC(C(=O)Nc1cccc(C(F)(F)F)c1)N1CCN(c2nccs2)CC1. The van der Waals surface area contributed by atoms with E-state index in [0.29, 0.717) is 13.1 Å². The lowest BCUT2D eigenvalue weighted by Gasteiger charge is -2.37. The second-order valence-corrected chi connectivity index (χ2v) is 6.95. The summed E-state index contributed by atoms with van der Waals surface area (Å²) in [5.41, 5.74) is -0.627. The van der Waals surface area contributed by atoms with E-state index in [9.17, 15) is 18.0 Å². The topological polar surface area (TPSA) is 48.5 Å². The Morgan fingerprint density at radius 2 is 2.00 bits per heavy atom. The molecule has 0 aliphatic carbocycles. The summed E-state index contributed by atoms with van der Waals surface area (Å²) in [4.78, 5) is 20.9. The molecule has 1 aliphatic heterocycles. The summed E-state index contributed by atoms with van der Waals surface area (Å²) in [6, 6.07) is 4.25. The van der Waals surface area contributed by atoms with Crippen LogP contribution in [-0.4, -0.2) is 48.0 Å². The van der Waals surface area contributed by atoms with E-state index in [4.69, 9.17) is 0 Å². The summed E-state index contributed by atoms with van der Waals surface area (Å²) in [5, 5.41) is 5.47. The zero-order valence-corrected chi connectivity index (χ0v) is 15.0. The number of anilines is 2. The van der Waals surface area contributed by atoms with Crippen LogP contribution in [0, 0.1) is 0 Å². The van der Waals surface area contributed by atoms with Gasteiger partial charge in [0.15, 0.2) is 5.13 Å². The lowest BCUT2D eigenvalue weighted by molar-refractivity contribution is -0.137. The maximum Gasteiger partial charge on any atom is 0.416 e. The van der Waals surface area contributed by atoms with Gasteiger partial charge in [-0.1, -0.05) is 6.07 Å². The van der Waals surface area contributed by atoms with E-state index in [-0.39, 0.29) is 11.6 Å². The zero-order valence-electron chi connectivity index (χ0n) is 14.2. The van der Waals surface area contributed by atoms with Crippen LogP contribution >= 0.6 is 11.3 Å². The van der Waals surface area contributed by atoms with E-state index >= 15 is 0 Å². The molecule has 1 saturated heterocycles. The highest BCUT2D eigenvalue weighted by atomic mass is 32.1. The largest absolute Gasteiger partial charge is 0.416 e. The van der Waals surface area contributed by atoms with Crippen molar-refractivity contribution in [2.24, 2.45) is 0 Å². The van der Waals surface area contributed by atoms with Gasteiger partial charge in [0.05, 0.1) is 11.6 Å². The number of carbonyl (C=O) groups is 1. The number of rotatable bonds is 4. The first kappa shape index (κ1) is 18.7. The van der Waals surface area contributed by atoms with Gasteiger partial charge in [-0.15, -0.1) is 11.3 Å². The fourth-order valence-corrected chi connectivity index (χ4v) is 3.56. The first-order chi connectivity index (χ1) is 12.3. The van der Waals surface area contributed by atoms with E-state index in [2.05, 4.69) is 15.2 Å². The van der Waals surface area contributed by atoms with Gasteiger partial charge in [0.2, 0.25) is 5.91 Å². The van der Waals surface area contributed by atoms with Crippen molar-refractivity contribution < 1.29 is 18.0 Å². The van der Waals surface area contributed by atoms with Crippen molar-refractivity contribution in [1.29, 1.82) is 0 Å². The number of alkyl halides is 3. The second-order valence-electron chi connectivity index (χ2n) is 6.08. The van der Waals surface area contributed by atoms with Crippen molar-refractivity contribution in [2.75, 3.05) is 36.4 Å². The molecule has 1 aromatic carbocycles. The van der Waals surface area contributed by atoms with Crippen LogP contribution in [0.2, 0.25) is 0 Å². The quantitative estimate of drug-likeness (QED) is 0.879. The number of nitrogens with zero attached hydrogens (tertiary/aromatic N) is 3. The number of hydrogen-bond acceptors (Lipinski definition) is 5. The van der Waals surface area contributed by atoms with E-state index in [1.165, 1.54) is 12.1 Å². The number of halogens is 3. The minimum absolute atomic E-state index is 0.151. The van der Waals surface area contributed by atoms with Crippen LogP contribution in [0.1, 0.15) is 12.5 Å². The average Bonchev–Trinajstić information content (AvgIpc) is 3.15. The summed E-state index contributed by atoms with van der Waals surface area (Å²) in [5.74, 6) is -0.313. The van der Waals surface area contributed by atoms with Crippen LogP contribution in [0.25, 0.3) is 0 Å². The Labute approximate surface area is 153 Å². The van der Waals surface area contributed by atoms with Crippen LogP contribution in [0.3, 0.4) is 0 Å². The van der Waals surface area contributed by atoms with E-state index < -0.39 is 17.8 Å². The summed E-state index contributed by atoms with van der Waals surface area (Å²) in [6.07, 6.45) is -2.67. The van der Waals surface area contributed by atoms with Crippen LogP contribution < -0.4 is 10.2 Å². The number of amides is 1. The molecule has 0 saturated carbocycles. The molecule has 2 aromatic rings. The average molecular weight is 384 g/mol. The molecule has 3 rings (SSSR count). The number of piperazine rings is 1. The van der Waals surface area contributed by atoms with Crippen LogP contribution in [0.4, 0.5) is 24.0 Å². The second kappa shape index (κ2) is 7.63. The Balaban J connectivity index is 1.57. The summed E-state index contributed by atoms with van der Waals surface area (Å²) in [7, 11) is 0. The number of benzene rings is 1. The molecule has 1 N–H and O–H groups in total. The van der Waals surface area contributed by atoms with Gasteiger partial charge < -0.3 is 10.2 Å². The Morgan fingerprint density at radius 3 is 2.62 bits per heavy atom. The predicted molar refractivity (Wildman–Crippen MR) is 95.4 cm³/mol. The molecule has 1 fully saturated rings. The fraction of sp³-hybridized carbons (Fsp3) is 0.412. The minimum atomic E-state index is -4.43. The molecule has 140 valence electrons. The van der Waals surface area contributed by atoms with E-state index in [1.54, 1.807) is 24.5 Å². The Hall–Kier alpha value is -2.13. The summed E-state index contributed by atoms with van der Waals surface area (Å²) < 4.78 is 38.3. The molecular weight excluding hydrogens is 365 g/mol. The lowest BCUT2D eigenvalue weighted by Crippen LogP contribution is -2.52. The first-order valence-electron chi connectivity index (χ1n) is 8.21. The zero-order chi connectivity index (χ0) is 18.7. The number of hydrogen-bond donors (Lipinski definition) is 1. The monoisotopic (exact) mass is 384 g/mol. The molecule has 26 heavy (non-hydrogen) atoms. The molecule has 1 atom stereocenters. The van der Waals surface area contributed by atoms with Gasteiger partial charge in [-0.05, 0) is 25.1 Å². The van der Waals surface area contributed by atoms with Crippen molar-refractivity contribution in [3.8, 4) is 0 Å². The third-order valence-corrected chi connectivity index (χ3v) is 5.22. The number of thiazole rings is 1. The highest BCUT2D eigenvalue weighted by Gasteiger charge is 2.31. The van der Waals surface area contributed by atoms with Gasteiger partial charge in [-0.3, -0.25) is 9.69 Å². The molecule has 1 aliphatic rings. The third-order valence-electron chi connectivity index (χ3n) is 4.39.